The van der Waals surface area contributed by atoms with Crippen molar-refractivity contribution in [3.05, 3.63) is 51.2 Å². The van der Waals surface area contributed by atoms with Crippen molar-refractivity contribution in [3.63, 3.8) is 0 Å². The molecule has 22 heavy (non-hydrogen) atoms. The zero-order chi connectivity index (χ0) is 15.5. The van der Waals surface area contributed by atoms with Gasteiger partial charge in [-0.05, 0) is 48.4 Å². The van der Waals surface area contributed by atoms with Crippen LogP contribution in [-0.4, -0.2) is 13.0 Å². The van der Waals surface area contributed by atoms with Gasteiger partial charge in [-0.15, -0.1) is 11.3 Å². The summed E-state index contributed by atoms with van der Waals surface area (Å²) in [7, 11) is 1.65. The van der Waals surface area contributed by atoms with Crippen LogP contribution in [0.15, 0.2) is 29.6 Å². The highest BCUT2D eigenvalue weighted by molar-refractivity contribution is 7.10. The van der Waals surface area contributed by atoms with E-state index >= 15 is 0 Å². The lowest BCUT2D eigenvalue weighted by atomic mass is 9.88. The molecule has 1 aromatic heterocycles. The largest absolute Gasteiger partial charge is 0.497 e. The van der Waals surface area contributed by atoms with Gasteiger partial charge in [0.1, 0.15) is 5.75 Å². The summed E-state index contributed by atoms with van der Waals surface area (Å²) in [5, 5.41) is 5.05. The van der Waals surface area contributed by atoms with Crippen LogP contribution in [0.5, 0.6) is 5.75 Å². The Morgan fingerprint density at radius 1 is 1.36 bits per heavy atom. The van der Waals surface area contributed by atoms with Crippen LogP contribution >= 0.6 is 11.3 Å². The molecule has 0 radical (unpaired) electrons. The van der Waals surface area contributed by atoms with E-state index in [1.807, 2.05) is 29.6 Å². The number of methoxy groups -OCH3 is 1. The lowest BCUT2D eigenvalue weighted by Gasteiger charge is -2.18. The van der Waals surface area contributed by atoms with Crippen LogP contribution in [0.25, 0.3) is 0 Å². The Morgan fingerprint density at radius 3 is 2.86 bits per heavy atom. The molecule has 0 spiro atoms. The smallest absolute Gasteiger partial charge is 0.252 e. The van der Waals surface area contributed by atoms with Gasteiger partial charge < -0.3 is 10.1 Å². The molecular formula is C18H21NO2S. The summed E-state index contributed by atoms with van der Waals surface area (Å²) in [6.45, 7) is 2.83. The zero-order valence-electron chi connectivity index (χ0n) is 13.0. The van der Waals surface area contributed by atoms with Crippen molar-refractivity contribution >= 4 is 17.2 Å². The van der Waals surface area contributed by atoms with E-state index in [0.29, 0.717) is 6.54 Å². The summed E-state index contributed by atoms with van der Waals surface area (Å²) in [4.78, 5) is 13.8. The van der Waals surface area contributed by atoms with Crippen molar-refractivity contribution in [2.75, 3.05) is 7.11 Å². The number of benzene rings is 1. The minimum atomic E-state index is 0.0443. The Balaban J connectivity index is 1.65. The van der Waals surface area contributed by atoms with Gasteiger partial charge in [-0.1, -0.05) is 19.1 Å². The Hall–Kier alpha value is -1.81. The average molecular weight is 315 g/mol. The van der Waals surface area contributed by atoms with Gasteiger partial charge >= 0.3 is 0 Å². The fourth-order valence-electron chi connectivity index (χ4n) is 2.89. The molecule has 116 valence electrons. The quantitative estimate of drug-likeness (QED) is 0.931. The van der Waals surface area contributed by atoms with Gasteiger partial charge in [-0.25, -0.2) is 0 Å². The van der Waals surface area contributed by atoms with Gasteiger partial charge in [-0.2, -0.15) is 0 Å². The van der Waals surface area contributed by atoms with Crippen LogP contribution in [0, 0.1) is 5.92 Å². The SMILES string of the molecule is COc1ccc(CNC(=O)c2csc3c2CCC(C)C3)cc1. The minimum absolute atomic E-state index is 0.0443. The van der Waals surface area contributed by atoms with Gasteiger partial charge in [0.15, 0.2) is 0 Å². The van der Waals surface area contributed by atoms with Crippen LogP contribution in [0.4, 0.5) is 0 Å². The predicted octanol–water partition coefficient (Wildman–Crippen LogP) is 3.81. The number of carbonyl (C=O) groups excluding carboxylic acids is 1. The molecule has 4 heteroatoms. The van der Waals surface area contributed by atoms with Crippen LogP contribution < -0.4 is 10.1 Å². The number of ether oxygens (including phenoxy) is 1. The first-order valence-corrected chi connectivity index (χ1v) is 8.55. The Morgan fingerprint density at radius 2 is 2.14 bits per heavy atom. The van der Waals surface area contributed by atoms with Crippen molar-refractivity contribution in [2.45, 2.75) is 32.7 Å². The molecule has 0 saturated heterocycles. The maximum atomic E-state index is 12.4. The highest BCUT2D eigenvalue weighted by atomic mass is 32.1. The topological polar surface area (TPSA) is 38.3 Å². The minimum Gasteiger partial charge on any atom is -0.497 e. The number of fused-ring (bicyclic) bond motifs is 1. The molecule has 0 fully saturated rings. The van der Waals surface area contributed by atoms with E-state index < -0.39 is 0 Å². The summed E-state index contributed by atoms with van der Waals surface area (Å²) in [6.07, 6.45) is 3.33. The second-order valence-electron chi connectivity index (χ2n) is 5.93. The lowest BCUT2D eigenvalue weighted by Crippen LogP contribution is -2.24. The summed E-state index contributed by atoms with van der Waals surface area (Å²) in [6, 6.07) is 7.78. The molecule has 1 unspecified atom stereocenters. The third-order valence-electron chi connectivity index (χ3n) is 4.26. The van der Waals surface area contributed by atoms with E-state index in [0.717, 1.165) is 35.6 Å². The maximum absolute atomic E-state index is 12.4. The summed E-state index contributed by atoms with van der Waals surface area (Å²) < 4.78 is 5.14. The molecule has 0 saturated carbocycles. The number of rotatable bonds is 4. The van der Waals surface area contributed by atoms with Crippen molar-refractivity contribution in [1.82, 2.24) is 5.32 Å². The zero-order valence-corrected chi connectivity index (χ0v) is 13.8. The predicted molar refractivity (Wildman–Crippen MR) is 89.7 cm³/mol. The third kappa shape index (κ3) is 3.17. The van der Waals surface area contributed by atoms with Crippen molar-refractivity contribution in [1.29, 1.82) is 0 Å². The van der Waals surface area contributed by atoms with Crippen LogP contribution in [0.3, 0.4) is 0 Å². The molecule has 2 aromatic rings. The molecule has 0 bridgehead atoms. The first kappa shape index (κ1) is 15.1. The molecule has 0 aliphatic heterocycles. The highest BCUT2D eigenvalue weighted by Crippen LogP contribution is 2.32. The standard InChI is InChI=1S/C18H21NO2S/c1-12-3-8-15-16(11-22-17(15)9-12)18(20)19-10-13-4-6-14(21-2)7-5-13/h4-7,11-12H,3,8-10H2,1-2H3,(H,19,20). The first-order valence-electron chi connectivity index (χ1n) is 7.67. The van der Waals surface area contributed by atoms with Crippen LogP contribution in [0.2, 0.25) is 0 Å². The number of thiophene rings is 1. The van der Waals surface area contributed by atoms with E-state index in [1.54, 1.807) is 18.4 Å². The van der Waals surface area contributed by atoms with E-state index in [2.05, 4.69) is 12.2 Å². The molecule has 1 aliphatic rings. The maximum Gasteiger partial charge on any atom is 0.252 e. The average Bonchev–Trinajstić information content (AvgIpc) is 2.96. The monoisotopic (exact) mass is 315 g/mol. The second-order valence-corrected chi connectivity index (χ2v) is 6.89. The number of carbonyl (C=O) groups is 1. The van der Waals surface area contributed by atoms with Crippen molar-refractivity contribution in [2.24, 2.45) is 5.92 Å². The Kier molecular flexibility index (Phi) is 4.48. The molecule has 3 nitrogen and oxygen atoms in total. The molecule has 1 heterocycles. The second kappa shape index (κ2) is 6.53. The van der Waals surface area contributed by atoms with E-state index in [9.17, 15) is 4.79 Å². The fraction of sp³-hybridized carbons (Fsp3) is 0.389. The van der Waals surface area contributed by atoms with Gasteiger partial charge in [0.25, 0.3) is 5.91 Å². The van der Waals surface area contributed by atoms with Gasteiger partial charge in [0.05, 0.1) is 12.7 Å². The number of nitrogens with one attached hydrogen (secondary N) is 1. The first-order chi connectivity index (χ1) is 10.7. The highest BCUT2D eigenvalue weighted by Gasteiger charge is 2.22. The normalized spacial score (nSPS) is 16.9. The fourth-order valence-corrected chi connectivity index (χ4v) is 4.13. The van der Waals surface area contributed by atoms with E-state index in [-0.39, 0.29) is 5.91 Å². The van der Waals surface area contributed by atoms with Gasteiger partial charge in [-0.3, -0.25) is 4.79 Å². The number of hydrogen-bond donors (Lipinski definition) is 1. The molecule has 1 N–H and O–H groups in total. The number of amides is 1. The van der Waals surface area contributed by atoms with Crippen molar-refractivity contribution in [3.8, 4) is 5.75 Å². The van der Waals surface area contributed by atoms with E-state index in [1.165, 1.54) is 16.9 Å². The molecule has 1 aromatic carbocycles. The van der Waals surface area contributed by atoms with E-state index in [4.69, 9.17) is 4.74 Å². The molecule has 1 aliphatic carbocycles. The number of hydrogen-bond acceptors (Lipinski definition) is 3. The summed E-state index contributed by atoms with van der Waals surface area (Å²) in [5.74, 6) is 1.61. The third-order valence-corrected chi connectivity index (χ3v) is 5.31. The van der Waals surface area contributed by atoms with Crippen molar-refractivity contribution < 1.29 is 9.53 Å². The lowest BCUT2D eigenvalue weighted by molar-refractivity contribution is 0.0950. The van der Waals surface area contributed by atoms with Crippen LogP contribution in [-0.2, 0) is 19.4 Å². The summed E-state index contributed by atoms with van der Waals surface area (Å²) in [5.41, 5.74) is 3.22. The van der Waals surface area contributed by atoms with Gasteiger partial charge in [0.2, 0.25) is 0 Å². The van der Waals surface area contributed by atoms with Crippen LogP contribution in [0.1, 0.15) is 39.7 Å². The molecule has 1 amide bonds. The molecule has 1 atom stereocenters. The molecular weight excluding hydrogens is 294 g/mol. The summed E-state index contributed by atoms with van der Waals surface area (Å²) >= 11 is 1.73. The molecule has 3 rings (SSSR count). The van der Waals surface area contributed by atoms with Gasteiger partial charge in [0, 0.05) is 16.8 Å². The Bertz CT molecular complexity index is 660. The Labute approximate surface area is 135 Å².